The molecule has 1 aliphatic carbocycles. The van der Waals surface area contributed by atoms with Crippen LogP contribution < -0.4 is 14.8 Å². The number of amides is 1. The summed E-state index contributed by atoms with van der Waals surface area (Å²) in [6.45, 7) is 3.28. The summed E-state index contributed by atoms with van der Waals surface area (Å²) < 4.78 is 11.2. The molecule has 1 saturated carbocycles. The molecule has 3 rings (SSSR count). The van der Waals surface area contributed by atoms with Crippen LogP contribution in [0.3, 0.4) is 0 Å². The Bertz CT molecular complexity index is 543. The minimum absolute atomic E-state index is 0.0277. The molecule has 1 amide bonds. The molecule has 114 valence electrons. The normalized spacial score (nSPS) is 18.8. The lowest BCUT2D eigenvalue weighted by Crippen LogP contribution is -2.35. The quantitative estimate of drug-likeness (QED) is 0.930. The predicted molar refractivity (Wildman–Crippen MR) is 81.1 cm³/mol. The highest BCUT2D eigenvalue weighted by molar-refractivity contribution is 6.32. The molecule has 4 nitrogen and oxygen atoms in total. The Kier molecular flexibility index (Phi) is 4.24. The maximum Gasteiger partial charge on any atom is 0.224 e. The van der Waals surface area contributed by atoms with E-state index in [0.29, 0.717) is 42.1 Å². The zero-order valence-corrected chi connectivity index (χ0v) is 12.9. The SMILES string of the molecule is CC(NC(=O)Cc1cc(Cl)c2c(c1)OCCCO2)C1CC1. The van der Waals surface area contributed by atoms with Crippen LogP contribution in [0.15, 0.2) is 12.1 Å². The maximum absolute atomic E-state index is 12.1. The number of carbonyl (C=O) groups excluding carboxylic acids is 1. The van der Waals surface area contributed by atoms with Gasteiger partial charge in [0.2, 0.25) is 5.91 Å². The van der Waals surface area contributed by atoms with Crippen LogP contribution in [0.25, 0.3) is 0 Å². The van der Waals surface area contributed by atoms with Crippen molar-refractivity contribution in [2.75, 3.05) is 13.2 Å². The van der Waals surface area contributed by atoms with E-state index in [0.717, 1.165) is 12.0 Å². The average molecular weight is 310 g/mol. The van der Waals surface area contributed by atoms with Crippen LogP contribution in [-0.4, -0.2) is 25.2 Å². The minimum atomic E-state index is 0.0277. The van der Waals surface area contributed by atoms with Gasteiger partial charge in [-0.3, -0.25) is 4.79 Å². The third-order valence-electron chi connectivity index (χ3n) is 3.94. The Hall–Kier alpha value is -1.42. The second kappa shape index (κ2) is 6.14. The van der Waals surface area contributed by atoms with Crippen molar-refractivity contribution in [1.82, 2.24) is 5.32 Å². The fourth-order valence-electron chi connectivity index (χ4n) is 2.59. The Morgan fingerprint density at radius 2 is 2.14 bits per heavy atom. The fourth-order valence-corrected chi connectivity index (χ4v) is 2.88. The van der Waals surface area contributed by atoms with Crippen LogP contribution in [0.5, 0.6) is 11.5 Å². The highest BCUT2D eigenvalue weighted by Crippen LogP contribution is 2.38. The highest BCUT2D eigenvalue weighted by Gasteiger charge is 2.28. The molecule has 1 unspecified atom stereocenters. The fraction of sp³-hybridized carbons (Fsp3) is 0.562. The van der Waals surface area contributed by atoms with Gasteiger partial charge in [0.15, 0.2) is 11.5 Å². The molecule has 0 aromatic heterocycles. The number of benzene rings is 1. The standard InChI is InChI=1S/C16H20ClNO3/c1-10(12-3-4-12)18-15(19)9-11-7-13(17)16-14(8-11)20-5-2-6-21-16/h7-8,10,12H,2-6,9H2,1H3,(H,18,19). The van der Waals surface area contributed by atoms with Crippen molar-refractivity contribution in [3.8, 4) is 11.5 Å². The van der Waals surface area contributed by atoms with Gasteiger partial charge in [0.1, 0.15) is 0 Å². The molecule has 1 heterocycles. The van der Waals surface area contributed by atoms with Crippen molar-refractivity contribution in [2.45, 2.75) is 38.6 Å². The van der Waals surface area contributed by atoms with E-state index in [1.165, 1.54) is 12.8 Å². The lowest BCUT2D eigenvalue weighted by Gasteiger charge is -2.14. The zero-order valence-electron chi connectivity index (χ0n) is 12.2. The number of hydrogen-bond acceptors (Lipinski definition) is 3. The molecule has 1 aliphatic heterocycles. The van der Waals surface area contributed by atoms with E-state index in [2.05, 4.69) is 12.2 Å². The van der Waals surface area contributed by atoms with Gasteiger partial charge in [0.25, 0.3) is 0 Å². The van der Waals surface area contributed by atoms with E-state index in [-0.39, 0.29) is 11.9 Å². The molecular weight excluding hydrogens is 290 g/mol. The van der Waals surface area contributed by atoms with Gasteiger partial charge >= 0.3 is 0 Å². The number of nitrogens with one attached hydrogen (secondary N) is 1. The zero-order chi connectivity index (χ0) is 14.8. The second-order valence-corrected chi connectivity index (χ2v) is 6.23. The van der Waals surface area contributed by atoms with Gasteiger partial charge in [0, 0.05) is 12.5 Å². The van der Waals surface area contributed by atoms with Crippen LogP contribution in [-0.2, 0) is 11.2 Å². The molecule has 0 bridgehead atoms. The van der Waals surface area contributed by atoms with E-state index >= 15 is 0 Å². The summed E-state index contributed by atoms with van der Waals surface area (Å²) in [6.07, 6.45) is 3.59. The Morgan fingerprint density at radius 1 is 1.38 bits per heavy atom. The van der Waals surface area contributed by atoms with Crippen LogP contribution >= 0.6 is 11.6 Å². The molecule has 0 radical (unpaired) electrons. The summed E-state index contributed by atoms with van der Waals surface area (Å²) in [5.74, 6) is 1.91. The van der Waals surface area contributed by atoms with Crippen LogP contribution in [0.4, 0.5) is 0 Å². The molecule has 2 aliphatic rings. The first-order chi connectivity index (χ1) is 10.1. The Labute approximate surface area is 129 Å². The third-order valence-corrected chi connectivity index (χ3v) is 4.23. The summed E-state index contributed by atoms with van der Waals surface area (Å²) >= 11 is 6.23. The predicted octanol–water partition coefficient (Wildman–Crippen LogP) is 2.96. The second-order valence-electron chi connectivity index (χ2n) is 5.83. The average Bonchev–Trinajstić information content (AvgIpc) is 3.25. The van der Waals surface area contributed by atoms with Gasteiger partial charge in [-0.05, 0) is 43.4 Å². The lowest BCUT2D eigenvalue weighted by molar-refractivity contribution is -0.121. The van der Waals surface area contributed by atoms with Gasteiger partial charge in [-0.15, -0.1) is 0 Å². The molecule has 1 fully saturated rings. The number of fused-ring (bicyclic) bond motifs is 1. The van der Waals surface area contributed by atoms with Gasteiger partial charge in [-0.2, -0.15) is 0 Å². The van der Waals surface area contributed by atoms with E-state index in [9.17, 15) is 4.79 Å². The molecule has 5 heteroatoms. The van der Waals surface area contributed by atoms with Gasteiger partial charge < -0.3 is 14.8 Å². The minimum Gasteiger partial charge on any atom is -0.489 e. The summed E-state index contributed by atoms with van der Waals surface area (Å²) in [7, 11) is 0. The monoisotopic (exact) mass is 309 g/mol. The molecule has 21 heavy (non-hydrogen) atoms. The summed E-state index contributed by atoms with van der Waals surface area (Å²) in [5.41, 5.74) is 0.852. The first kappa shape index (κ1) is 14.5. The molecule has 0 saturated heterocycles. The summed E-state index contributed by atoms with van der Waals surface area (Å²) in [5, 5.41) is 3.55. The van der Waals surface area contributed by atoms with Crippen molar-refractivity contribution in [2.24, 2.45) is 5.92 Å². The molecule has 1 N–H and O–H groups in total. The molecule has 1 aromatic carbocycles. The number of rotatable bonds is 4. The van der Waals surface area contributed by atoms with Crippen molar-refractivity contribution < 1.29 is 14.3 Å². The largest absolute Gasteiger partial charge is 0.489 e. The number of halogens is 1. The van der Waals surface area contributed by atoms with Gasteiger partial charge in [-0.1, -0.05) is 11.6 Å². The highest BCUT2D eigenvalue weighted by atomic mass is 35.5. The molecular formula is C16H20ClNO3. The molecule has 1 atom stereocenters. The first-order valence-corrected chi connectivity index (χ1v) is 7.88. The van der Waals surface area contributed by atoms with Crippen molar-refractivity contribution in [3.63, 3.8) is 0 Å². The number of ether oxygens (including phenoxy) is 2. The first-order valence-electron chi connectivity index (χ1n) is 7.51. The smallest absolute Gasteiger partial charge is 0.224 e. The van der Waals surface area contributed by atoms with Crippen LogP contribution in [0.2, 0.25) is 5.02 Å². The summed E-state index contributed by atoms with van der Waals surface area (Å²) in [6, 6.07) is 3.90. The molecule has 1 aromatic rings. The van der Waals surface area contributed by atoms with E-state index in [1.54, 1.807) is 6.07 Å². The van der Waals surface area contributed by atoms with Crippen LogP contribution in [0, 0.1) is 5.92 Å². The van der Waals surface area contributed by atoms with E-state index < -0.39 is 0 Å². The van der Waals surface area contributed by atoms with Crippen molar-refractivity contribution in [3.05, 3.63) is 22.7 Å². The van der Waals surface area contributed by atoms with Crippen molar-refractivity contribution in [1.29, 1.82) is 0 Å². The van der Waals surface area contributed by atoms with Gasteiger partial charge in [-0.25, -0.2) is 0 Å². The lowest BCUT2D eigenvalue weighted by atomic mass is 10.1. The number of carbonyl (C=O) groups is 1. The Morgan fingerprint density at radius 3 is 2.90 bits per heavy atom. The van der Waals surface area contributed by atoms with Crippen LogP contribution in [0.1, 0.15) is 31.7 Å². The Balaban J connectivity index is 1.68. The van der Waals surface area contributed by atoms with Gasteiger partial charge in [0.05, 0.1) is 24.7 Å². The van der Waals surface area contributed by atoms with E-state index in [4.69, 9.17) is 21.1 Å². The third kappa shape index (κ3) is 3.62. The maximum atomic E-state index is 12.1. The number of hydrogen-bond donors (Lipinski definition) is 1. The van der Waals surface area contributed by atoms with E-state index in [1.807, 2.05) is 6.07 Å². The summed E-state index contributed by atoms with van der Waals surface area (Å²) in [4.78, 5) is 12.1. The topological polar surface area (TPSA) is 47.6 Å². The van der Waals surface area contributed by atoms with Crippen molar-refractivity contribution >= 4 is 17.5 Å². The molecule has 0 spiro atoms.